The molecule has 0 bridgehead atoms. The van der Waals surface area contributed by atoms with Crippen LogP contribution >= 0.6 is 0 Å². The van der Waals surface area contributed by atoms with Crippen LogP contribution in [0.25, 0.3) is 11.1 Å². The predicted molar refractivity (Wildman–Crippen MR) is 79.7 cm³/mol. The number of nitrogens with zero attached hydrogens (tertiary/aromatic N) is 2. The van der Waals surface area contributed by atoms with E-state index in [2.05, 4.69) is 4.98 Å². The Morgan fingerprint density at radius 2 is 2.04 bits per heavy atom. The highest BCUT2D eigenvalue weighted by Gasteiger charge is 2.64. The molecule has 6 nitrogen and oxygen atoms in total. The number of amides is 1. The highest BCUT2D eigenvalue weighted by Crippen LogP contribution is 2.45. The molecule has 1 aromatic heterocycles. The number of hydrogen-bond acceptors (Lipinski definition) is 4. The van der Waals surface area contributed by atoms with Crippen molar-refractivity contribution in [2.75, 3.05) is 13.1 Å². The summed E-state index contributed by atoms with van der Waals surface area (Å²) in [5.74, 6) is -2.18. The third kappa shape index (κ3) is 3.06. The fourth-order valence-corrected chi connectivity index (χ4v) is 2.95. The smallest absolute Gasteiger partial charge is 0.406 e. The van der Waals surface area contributed by atoms with E-state index in [0.717, 1.165) is 4.90 Å². The Morgan fingerprint density at radius 1 is 1.32 bits per heavy atom. The van der Waals surface area contributed by atoms with E-state index in [1.165, 1.54) is 0 Å². The van der Waals surface area contributed by atoms with Gasteiger partial charge in [0, 0.05) is 25.9 Å². The molecule has 134 valence electrons. The molecule has 1 aliphatic heterocycles. The first-order chi connectivity index (χ1) is 11.7. The molecule has 1 aliphatic rings. The summed E-state index contributed by atoms with van der Waals surface area (Å²) in [6, 6.07) is 7.02. The summed E-state index contributed by atoms with van der Waals surface area (Å²) in [7, 11) is 0. The number of carboxylic acid groups (broad SMARTS) is 1. The molecule has 0 radical (unpaired) electrons. The van der Waals surface area contributed by atoms with Gasteiger partial charge in [-0.05, 0) is 18.6 Å². The summed E-state index contributed by atoms with van der Waals surface area (Å²) in [4.78, 5) is 28.4. The molecule has 0 spiro atoms. The van der Waals surface area contributed by atoms with Gasteiger partial charge in [0.05, 0.1) is 0 Å². The van der Waals surface area contributed by atoms with Crippen LogP contribution in [0.2, 0.25) is 0 Å². The number of alkyl halides is 3. The average molecular weight is 356 g/mol. The van der Waals surface area contributed by atoms with E-state index in [4.69, 9.17) is 9.52 Å². The van der Waals surface area contributed by atoms with Crippen molar-refractivity contribution in [2.45, 2.75) is 25.4 Å². The molecule has 0 aliphatic carbocycles. The van der Waals surface area contributed by atoms with Crippen LogP contribution in [0.4, 0.5) is 13.2 Å². The number of carbonyl (C=O) groups excluding carboxylic acids is 1. The first-order valence-corrected chi connectivity index (χ1v) is 7.65. The zero-order chi connectivity index (χ0) is 18.2. The van der Waals surface area contributed by atoms with Gasteiger partial charge >= 0.3 is 12.1 Å². The highest BCUT2D eigenvalue weighted by atomic mass is 19.4. The lowest BCUT2D eigenvalue weighted by atomic mass is 9.86. The van der Waals surface area contributed by atoms with Gasteiger partial charge in [0.2, 0.25) is 5.91 Å². The van der Waals surface area contributed by atoms with Crippen molar-refractivity contribution in [2.24, 2.45) is 5.41 Å². The molecule has 1 fully saturated rings. The number of aromatic nitrogens is 1. The van der Waals surface area contributed by atoms with Crippen molar-refractivity contribution >= 4 is 23.0 Å². The van der Waals surface area contributed by atoms with Gasteiger partial charge in [-0.1, -0.05) is 12.1 Å². The van der Waals surface area contributed by atoms with Crippen LogP contribution in [0.1, 0.15) is 18.7 Å². The number of aliphatic carboxylic acids is 1. The SMILES string of the molecule is O=C(CCc1nc2ccccc2o1)N1CCC(C(=O)O)(C(F)(F)F)C1. The molecular weight excluding hydrogens is 341 g/mol. The van der Waals surface area contributed by atoms with Crippen LogP contribution in [0, 0.1) is 5.41 Å². The zero-order valence-corrected chi connectivity index (χ0v) is 13.0. The van der Waals surface area contributed by atoms with Gasteiger partial charge in [-0.15, -0.1) is 0 Å². The van der Waals surface area contributed by atoms with Crippen LogP contribution in [0.15, 0.2) is 28.7 Å². The minimum absolute atomic E-state index is 0.0968. The molecule has 1 atom stereocenters. The van der Waals surface area contributed by atoms with E-state index in [9.17, 15) is 22.8 Å². The highest BCUT2D eigenvalue weighted by molar-refractivity contribution is 5.81. The summed E-state index contributed by atoms with van der Waals surface area (Å²) >= 11 is 0. The van der Waals surface area contributed by atoms with Crippen molar-refractivity contribution in [3.8, 4) is 0 Å². The maximum atomic E-state index is 13.1. The van der Waals surface area contributed by atoms with Gasteiger partial charge < -0.3 is 14.4 Å². The zero-order valence-electron chi connectivity index (χ0n) is 13.0. The molecule has 25 heavy (non-hydrogen) atoms. The van der Waals surface area contributed by atoms with Crippen LogP contribution in [0.5, 0.6) is 0 Å². The molecule has 9 heteroatoms. The molecule has 1 amide bonds. The second-order valence-corrected chi connectivity index (χ2v) is 6.03. The van der Waals surface area contributed by atoms with E-state index in [0.29, 0.717) is 17.0 Å². The van der Waals surface area contributed by atoms with Crippen molar-refractivity contribution in [1.82, 2.24) is 9.88 Å². The molecule has 0 saturated carbocycles. The fourth-order valence-electron chi connectivity index (χ4n) is 2.95. The molecule has 3 rings (SSSR count). The second-order valence-electron chi connectivity index (χ2n) is 6.03. The Morgan fingerprint density at radius 3 is 2.64 bits per heavy atom. The number of likely N-dealkylation sites (tertiary alicyclic amines) is 1. The number of aryl methyl sites for hydroxylation is 1. The Labute approximate surface area is 140 Å². The van der Waals surface area contributed by atoms with E-state index in [-0.39, 0.29) is 19.4 Å². The summed E-state index contributed by atoms with van der Waals surface area (Å²) in [6.45, 7) is -1.10. The quantitative estimate of drug-likeness (QED) is 0.910. The van der Waals surface area contributed by atoms with E-state index >= 15 is 0 Å². The predicted octanol–water partition coefficient (Wildman–Crippen LogP) is 2.63. The first kappa shape index (κ1) is 17.2. The molecule has 1 saturated heterocycles. The van der Waals surface area contributed by atoms with Crippen molar-refractivity contribution in [3.63, 3.8) is 0 Å². The lowest BCUT2D eigenvalue weighted by Gasteiger charge is -2.27. The lowest BCUT2D eigenvalue weighted by Crippen LogP contribution is -2.47. The van der Waals surface area contributed by atoms with Crippen molar-refractivity contribution in [1.29, 1.82) is 0 Å². The molecule has 2 heterocycles. The largest absolute Gasteiger partial charge is 0.481 e. The fraction of sp³-hybridized carbons (Fsp3) is 0.438. The number of fused-ring (bicyclic) bond motifs is 1. The van der Waals surface area contributed by atoms with E-state index in [1.807, 2.05) is 0 Å². The minimum Gasteiger partial charge on any atom is -0.481 e. The summed E-state index contributed by atoms with van der Waals surface area (Å²) in [5, 5.41) is 9.00. The van der Waals surface area contributed by atoms with Gasteiger partial charge in [0.1, 0.15) is 5.52 Å². The van der Waals surface area contributed by atoms with Gasteiger partial charge in [0.15, 0.2) is 16.9 Å². The first-order valence-electron chi connectivity index (χ1n) is 7.65. The maximum Gasteiger partial charge on any atom is 0.406 e. The van der Waals surface area contributed by atoms with Gasteiger partial charge in [-0.25, -0.2) is 4.98 Å². The number of oxazole rings is 1. The number of para-hydroxylation sites is 2. The Kier molecular flexibility index (Phi) is 4.18. The third-order valence-electron chi connectivity index (χ3n) is 4.46. The van der Waals surface area contributed by atoms with Gasteiger partial charge in [0.25, 0.3) is 0 Å². The van der Waals surface area contributed by atoms with Crippen LogP contribution < -0.4 is 0 Å². The van der Waals surface area contributed by atoms with Crippen molar-refractivity contribution < 1.29 is 32.3 Å². The molecule has 1 N–H and O–H groups in total. The van der Waals surface area contributed by atoms with Gasteiger partial charge in [-0.3, -0.25) is 9.59 Å². The van der Waals surface area contributed by atoms with Crippen LogP contribution in [-0.4, -0.2) is 46.1 Å². The normalized spacial score (nSPS) is 21.0. The average Bonchev–Trinajstić information content (AvgIpc) is 3.16. The van der Waals surface area contributed by atoms with Gasteiger partial charge in [-0.2, -0.15) is 13.2 Å². The van der Waals surface area contributed by atoms with Crippen molar-refractivity contribution in [3.05, 3.63) is 30.2 Å². The van der Waals surface area contributed by atoms with Crippen LogP contribution in [0.3, 0.4) is 0 Å². The molecule has 1 aromatic carbocycles. The summed E-state index contributed by atoms with van der Waals surface area (Å²) < 4.78 is 44.8. The Hall–Kier alpha value is -2.58. The number of carboxylic acids is 1. The topological polar surface area (TPSA) is 83.6 Å². The van der Waals surface area contributed by atoms with E-state index < -0.39 is 36.4 Å². The summed E-state index contributed by atoms with van der Waals surface area (Å²) in [6.07, 6.45) is -5.51. The number of rotatable bonds is 4. The standard InChI is InChI=1S/C16H15F3N2O4/c17-16(18,19)15(14(23)24)7-8-21(9-15)13(22)6-5-12-20-10-3-1-2-4-11(10)25-12/h1-4H,5-9H2,(H,23,24). The number of halogens is 3. The van der Waals surface area contributed by atoms with E-state index in [1.54, 1.807) is 24.3 Å². The number of benzene rings is 1. The minimum atomic E-state index is -4.91. The second kappa shape index (κ2) is 6.05. The number of hydrogen-bond donors (Lipinski definition) is 1. The summed E-state index contributed by atoms with van der Waals surface area (Å²) in [5.41, 5.74) is -1.69. The molecule has 2 aromatic rings. The van der Waals surface area contributed by atoms with Crippen LogP contribution in [-0.2, 0) is 16.0 Å². The maximum absolute atomic E-state index is 13.1. The molecule has 1 unspecified atom stereocenters. The Bertz CT molecular complexity index is 784. The third-order valence-corrected chi connectivity index (χ3v) is 4.46. The number of carbonyl (C=O) groups is 2. The monoisotopic (exact) mass is 356 g/mol. The molecular formula is C16H15F3N2O4. The Balaban J connectivity index is 1.65. The lowest BCUT2D eigenvalue weighted by molar-refractivity contribution is -0.227.